The number of amides is 1. The van der Waals surface area contributed by atoms with Crippen LogP contribution in [-0.4, -0.2) is 66.5 Å². The molecular weight excluding hydrogens is 463 g/mol. The Kier molecular flexibility index (Phi) is 6.32. The summed E-state index contributed by atoms with van der Waals surface area (Å²) in [6.45, 7) is 8.09. The zero-order chi connectivity index (χ0) is 23.9. The van der Waals surface area contributed by atoms with Crippen LogP contribution in [0, 0.1) is 17.3 Å². The molecule has 2 aliphatic rings. The Morgan fingerprint density at radius 1 is 1.27 bits per heavy atom. The quantitative estimate of drug-likeness (QED) is 0.452. The van der Waals surface area contributed by atoms with Gasteiger partial charge in [-0.1, -0.05) is 43.2 Å². The molecule has 0 radical (unpaired) electrons. The number of benzene rings is 2. The molecule has 0 spiro atoms. The van der Waals surface area contributed by atoms with Gasteiger partial charge in [0.1, 0.15) is 20.4 Å². The van der Waals surface area contributed by atoms with Crippen molar-refractivity contribution in [1.82, 2.24) is 9.80 Å². The second kappa shape index (κ2) is 8.90. The van der Waals surface area contributed by atoms with E-state index in [9.17, 15) is 15.0 Å². The number of carbonyl (C=O) groups is 1. The predicted octanol–water partition coefficient (Wildman–Crippen LogP) is 4.64. The molecule has 0 bridgehead atoms. The van der Waals surface area contributed by atoms with Crippen molar-refractivity contribution in [1.29, 1.82) is 0 Å². The molecule has 1 fully saturated rings. The molecule has 1 saturated heterocycles. The van der Waals surface area contributed by atoms with Gasteiger partial charge in [0.2, 0.25) is 0 Å². The van der Waals surface area contributed by atoms with E-state index in [1.54, 1.807) is 12.1 Å². The van der Waals surface area contributed by atoms with Gasteiger partial charge >= 0.3 is 6.09 Å². The number of fused-ring (bicyclic) bond motifs is 2. The van der Waals surface area contributed by atoms with E-state index in [1.807, 2.05) is 6.07 Å². The molecule has 0 aromatic heterocycles. The lowest BCUT2D eigenvalue weighted by Crippen LogP contribution is -2.55. The first-order chi connectivity index (χ1) is 15.5. The maximum Gasteiger partial charge on any atom is 0.407 e. The Hall–Kier alpha value is -2.73. The number of phenols is 1. The van der Waals surface area contributed by atoms with Crippen molar-refractivity contribution in [3.8, 4) is 34.1 Å². The number of hydrogen-bond acceptors (Lipinski definition) is 4. The molecular formula is C24H26ClFN2O4Si. The number of nitrogens with zero attached hydrogens (tertiary/aromatic N) is 2. The molecule has 9 heteroatoms. The SMILES string of the molecule is C[Si](C)(C)C#Cc1cc2c(c(F)c1-c1c(O)cccc1Cl)OC[C@H]1CN(C(=O)O)CCN1C2. The second-order valence-electron chi connectivity index (χ2n) is 9.40. The van der Waals surface area contributed by atoms with E-state index >= 15 is 4.39 Å². The summed E-state index contributed by atoms with van der Waals surface area (Å²) in [7, 11) is -1.78. The summed E-state index contributed by atoms with van der Waals surface area (Å²) in [6.07, 6.45) is -0.969. The van der Waals surface area contributed by atoms with E-state index in [2.05, 4.69) is 36.0 Å². The van der Waals surface area contributed by atoms with Gasteiger partial charge in [0, 0.05) is 48.4 Å². The first kappa shape index (κ1) is 23.4. The van der Waals surface area contributed by atoms with Gasteiger partial charge in [-0.3, -0.25) is 4.90 Å². The zero-order valence-electron chi connectivity index (χ0n) is 18.8. The molecule has 2 aromatic rings. The first-order valence-corrected chi connectivity index (χ1v) is 14.6. The Morgan fingerprint density at radius 2 is 2.03 bits per heavy atom. The summed E-state index contributed by atoms with van der Waals surface area (Å²) < 4.78 is 22.0. The highest BCUT2D eigenvalue weighted by Gasteiger charge is 2.35. The molecule has 6 nitrogen and oxygen atoms in total. The van der Waals surface area contributed by atoms with Crippen molar-refractivity contribution in [2.45, 2.75) is 32.2 Å². The van der Waals surface area contributed by atoms with E-state index in [-0.39, 0.29) is 40.3 Å². The summed E-state index contributed by atoms with van der Waals surface area (Å²) in [5.74, 6) is 2.49. The molecule has 1 amide bonds. The number of piperazine rings is 1. The lowest BCUT2D eigenvalue weighted by molar-refractivity contribution is 0.0499. The molecule has 33 heavy (non-hydrogen) atoms. The molecule has 0 saturated carbocycles. The molecule has 174 valence electrons. The van der Waals surface area contributed by atoms with Gasteiger partial charge in [-0.2, -0.15) is 0 Å². The van der Waals surface area contributed by atoms with E-state index in [4.69, 9.17) is 16.3 Å². The number of ether oxygens (including phenoxy) is 1. The fourth-order valence-corrected chi connectivity index (χ4v) is 4.92. The molecule has 0 aliphatic carbocycles. The molecule has 4 rings (SSSR count). The van der Waals surface area contributed by atoms with Crippen LogP contribution in [0.1, 0.15) is 11.1 Å². The molecule has 2 aromatic carbocycles. The molecule has 1 atom stereocenters. The maximum atomic E-state index is 16.1. The maximum absolute atomic E-state index is 16.1. The van der Waals surface area contributed by atoms with E-state index < -0.39 is 20.0 Å². The van der Waals surface area contributed by atoms with Gasteiger partial charge in [-0.15, -0.1) is 5.54 Å². The highest BCUT2D eigenvalue weighted by Crippen LogP contribution is 2.43. The van der Waals surface area contributed by atoms with Crippen LogP contribution in [-0.2, 0) is 6.54 Å². The van der Waals surface area contributed by atoms with Crippen molar-refractivity contribution in [3.63, 3.8) is 0 Å². The number of halogens is 2. The van der Waals surface area contributed by atoms with Crippen LogP contribution < -0.4 is 4.74 Å². The van der Waals surface area contributed by atoms with Crippen molar-refractivity contribution < 1.29 is 24.1 Å². The minimum Gasteiger partial charge on any atom is -0.507 e. The summed E-state index contributed by atoms with van der Waals surface area (Å²) in [6, 6.07) is 6.28. The number of carboxylic acid groups (broad SMARTS) is 1. The molecule has 2 heterocycles. The average Bonchev–Trinajstić information content (AvgIpc) is 2.91. The Labute approximate surface area is 198 Å². The average molecular weight is 489 g/mol. The summed E-state index contributed by atoms with van der Waals surface area (Å²) in [5.41, 5.74) is 4.68. The largest absolute Gasteiger partial charge is 0.507 e. The smallest absolute Gasteiger partial charge is 0.407 e. The van der Waals surface area contributed by atoms with Gasteiger partial charge in [0.15, 0.2) is 11.6 Å². The van der Waals surface area contributed by atoms with Crippen LogP contribution in [0.5, 0.6) is 11.5 Å². The standard InChI is InChI=1S/C24H26ClFN2O4Si/c1-33(2,3)10-7-15-11-16-12-27-8-9-28(24(30)31)13-17(27)14-32-23(16)22(26)20(15)21-18(25)5-4-6-19(21)29/h4-6,11,17,29H,8-9,12-14H2,1-3H3,(H,30,31)/t17-/m1/s1. The summed E-state index contributed by atoms with van der Waals surface area (Å²) in [5, 5.41) is 20.1. The number of phenolic OH excluding ortho intramolecular Hbond substituents is 1. The van der Waals surface area contributed by atoms with Crippen LogP contribution in [0.15, 0.2) is 24.3 Å². The van der Waals surface area contributed by atoms with Crippen molar-refractivity contribution in [2.75, 3.05) is 26.2 Å². The topological polar surface area (TPSA) is 73.2 Å². The van der Waals surface area contributed by atoms with Crippen LogP contribution >= 0.6 is 11.6 Å². The molecule has 2 aliphatic heterocycles. The molecule has 0 unspecified atom stereocenters. The third-order valence-corrected chi connectivity index (χ3v) is 6.97. The second-order valence-corrected chi connectivity index (χ2v) is 14.6. The van der Waals surface area contributed by atoms with Crippen molar-refractivity contribution >= 4 is 25.8 Å². The summed E-state index contributed by atoms with van der Waals surface area (Å²) >= 11 is 6.38. The fourth-order valence-electron chi connectivity index (χ4n) is 4.15. The lowest BCUT2D eigenvalue weighted by Gasteiger charge is -2.38. The van der Waals surface area contributed by atoms with Crippen LogP contribution in [0.3, 0.4) is 0 Å². The van der Waals surface area contributed by atoms with E-state index in [1.165, 1.54) is 11.0 Å². The van der Waals surface area contributed by atoms with E-state index in [0.717, 1.165) is 0 Å². The van der Waals surface area contributed by atoms with Crippen molar-refractivity contribution in [3.05, 3.63) is 46.2 Å². The summed E-state index contributed by atoms with van der Waals surface area (Å²) in [4.78, 5) is 14.9. The van der Waals surface area contributed by atoms with Gasteiger partial charge in [0.05, 0.1) is 11.1 Å². The normalized spacial score (nSPS) is 18.3. The van der Waals surface area contributed by atoms with Gasteiger partial charge in [-0.05, 0) is 18.2 Å². The third-order valence-electron chi connectivity index (χ3n) is 5.78. The monoisotopic (exact) mass is 488 g/mol. The van der Waals surface area contributed by atoms with E-state index in [0.29, 0.717) is 37.3 Å². The Bertz CT molecular complexity index is 1150. The highest BCUT2D eigenvalue weighted by atomic mass is 35.5. The van der Waals surface area contributed by atoms with Crippen LogP contribution in [0.25, 0.3) is 11.1 Å². The van der Waals surface area contributed by atoms with Crippen LogP contribution in [0.4, 0.5) is 9.18 Å². The Balaban J connectivity index is 1.85. The first-order valence-electron chi connectivity index (χ1n) is 10.8. The van der Waals surface area contributed by atoms with Crippen LogP contribution in [0.2, 0.25) is 24.7 Å². The molecule has 2 N–H and O–H groups in total. The Morgan fingerprint density at radius 3 is 2.70 bits per heavy atom. The van der Waals surface area contributed by atoms with Gasteiger partial charge in [0.25, 0.3) is 0 Å². The van der Waals surface area contributed by atoms with Crippen molar-refractivity contribution in [2.24, 2.45) is 0 Å². The number of aromatic hydroxyl groups is 1. The lowest BCUT2D eigenvalue weighted by atomic mass is 9.95. The highest BCUT2D eigenvalue weighted by molar-refractivity contribution is 6.83. The minimum atomic E-state index is -1.78. The fraction of sp³-hybridized carbons (Fsp3) is 0.375. The predicted molar refractivity (Wildman–Crippen MR) is 128 cm³/mol. The zero-order valence-corrected chi connectivity index (χ0v) is 20.5. The number of hydrogen-bond donors (Lipinski definition) is 2. The third kappa shape index (κ3) is 4.81. The van der Waals surface area contributed by atoms with Gasteiger partial charge < -0.3 is 19.8 Å². The number of rotatable bonds is 1. The minimum absolute atomic E-state index is 0.0964. The van der Waals surface area contributed by atoms with Gasteiger partial charge in [-0.25, -0.2) is 9.18 Å².